The van der Waals surface area contributed by atoms with E-state index in [1.54, 1.807) is 0 Å². The van der Waals surface area contributed by atoms with Crippen LogP contribution in [0, 0.1) is 0 Å². The number of nitrogens with one attached hydrogen (secondary N) is 1. The lowest BCUT2D eigenvalue weighted by Crippen LogP contribution is -2.48. The van der Waals surface area contributed by atoms with Crippen molar-refractivity contribution in [3.8, 4) is 0 Å². The van der Waals surface area contributed by atoms with Gasteiger partial charge in [0.25, 0.3) is 0 Å². The van der Waals surface area contributed by atoms with Crippen LogP contribution in [-0.4, -0.2) is 11.3 Å². The van der Waals surface area contributed by atoms with E-state index in [-0.39, 0.29) is 5.54 Å². The molecule has 0 saturated heterocycles. The zero-order chi connectivity index (χ0) is 16.1. The topological polar surface area (TPSA) is 12.0 Å². The van der Waals surface area contributed by atoms with Crippen LogP contribution in [0.1, 0.15) is 56.7 Å². The van der Waals surface area contributed by atoms with Gasteiger partial charge in [-0.05, 0) is 30.0 Å². The normalized spacial score (nSPS) is 19.8. The van der Waals surface area contributed by atoms with Gasteiger partial charge in [-0.2, -0.15) is 0 Å². The van der Waals surface area contributed by atoms with Gasteiger partial charge in [-0.3, -0.25) is 5.32 Å². The zero-order valence-electron chi connectivity index (χ0n) is 14.2. The highest BCUT2D eigenvalue weighted by Crippen LogP contribution is 2.40. The summed E-state index contributed by atoms with van der Waals surface area (Å²) in [5.41, 5.74) is 3.03. The minimum absolute atomic E-state index is 0.230. The van der Waals surface area contributed by atoms with E-state index in [2.05, 4.69) is 73.8 Å². The maximum absolute atomic E-state index is 4.08. The third kappa shape index (κ3) is 3.64. The Balaban J connectivity index is 2.04. The lowest BCUT2D eigenvalue weighted by molar-refractivity contribution is 0.290. The summed E-state index contributed by atoms with van der Waals surface area (Å²) in [6.45, 7) is 4.61. The molecule has 0 aromatic heterocycles. The van der Waals surface area contributed by atoms with Crippen molar-refractivity contribution in [3.05, 3.63) is 65.7 Å². The van der Waals surface area contributed by atoms with Crippen LogP contribution < -0.4 is 5.32 Å². The van der Waals surface area contributed by atoms with E-state index in [9.17, 15) is 0 Å². The van der Waals surface area contributed by atoms with Gasteiger partial charge in [0.15, 0.2) is 0 Å². The number of rotatable bonds is 5. The Hall–Kier alpha value is -1.25. The van der Waals surface area contributed by atoms with Gasteiger partial charge in [-0.25, -0.2) is 0 Å². The molecule has 23 heavy (non-hydrogen) atoms. The van der Waals surface area contributed by atoms with Gasteiger partial charge in [-0.1, -0.05) is 75.2 Å². The van der Waals surface area contributed by atoms with E-state index in [1.807, 2.05) is 11.8 Å². The molecule has 1 heterocycles. The van der Waals surface area contributed by atoms with E-state index < -0.39 is 0 Å². The predicted octanol–water partition coefficient (Wildman–Crippen LogP) is 5.81. The fourth-order valence-corrected chi connectivity index (χ4v) is 5.10. The molecule has 122 valence electrons. The fourth-order valence-electron chi connectivity index (χ4n) is 3.77. The summed E-state index contributed by atoms with van der Waals surface area (Å²) in [5, 5.41) is 4.08. The second kappa shape index (κ2) is 7.55. The van der Waals surface area contributed by atoms with Crippen molar-refractivity contribution in [3.63, 3.8) is 0 Å². The molecule has 1 nitrogen and oxygen atoms in total. The Labute approximate surface area is 144 Å². The molecule has 0 spiro atoms. The molecule has 1 aliphatic rings. The molecular weight excluding hydrogens is 298 g/mol. The van der Waals surface area contributed by atoms with E-state index in [4.69, 9.17) is 0 Å². The van der Waals surface area contributed by atoms with Gasteiger partial charge in [0.1, 0.15) is 0 Å². The number of hydrogen-bond acceptors (Lipinski definition) is 2. The molecule has 1 unspecified atom stereocenters. The average molecular weight is 326 g/mol. The van der Waals surface area contributed by atoms with Crippen molar-refractivity contribution in [2.24, 2.45) is 0 Å². The van der Waals surface area contributed by atoms with Crippen LogP contribution in [0.2, 0.25) is 0 Å². The number of thioether (sulfide) groups is 1. The van der Waals surface area contributed by atoms with Crippen LogP contribution in [0.3, 0.4) is 0 Å². The summed E-state index contributed by atoms with van der Waals surface area (Å²) in [6.07, 6.45) is 4.94. The maximum Gasteiger partial charge on any atom is 0.0592 e. The quantitative estimate of drug-likeness (QED) is 0.744. The van der Waals surface area contributed by atoms with Gasteiger partial charge in [0, 0.05) is 16.2 Å². The molecule has 0 bridgehead atoms. The van der Waals surface area contributed by atoms with E-state index >= 15 is 0 Å². The van der Waals surface area contributed by atoms with Gasteiger partial charge < -0.3 is 0 Å². The summed E-state index contributed by atoms with van der Waals surface area (Å²) >= 11 is 2.03. The highest BCUT2D eigenvalue weighted by atomic mass is 32.2. The second-order valence-electron chi connectivity index (χ2n) is 6.59. The molecular formula is C21H27NS. The molecule has 1 N–H and O–H groups in total. The van der Waals surface area contributed by atoms with Crippen molar-refractivity contribution in [2.45, 2.75) is 56.0 Å². The second-order valence-corrected chi connectivity index (χ2v) is 7.61. The van der Waals surface area contributed by atoms with Gasteiger partial charge in [-0.15, -0.1) is 11.8 Å². The minimum Gasteiger partial charge on any atom is -0.300 e. The van der Waals surface area contributed by atoms with Crippen LogP contribution in [0.5, 0.6) is 0 Å². The lowest BCUT2D eigenvalue weighted by Gasteiger charge is -2.36. The summed E-state index contributed by atoms with van der Waals surface area (Å²) in [7, 11) is 0. The maximum atomic E-state index is 4.08. The molecule has 1 aliphatic heterocycles. The Morgan fingerprint density at radius 3 is 2.30 bits per heavy atom. The first-order chi connectivity index (χ1) is 11.3. The first-order valence-electron chi connectivity index (χ1n) is 8.82. The molecule has 2 heteroatoms. The van der Waals surface area contributed by atoms with Crippen LogP contribution in [0.25, 0.3) is 0 Å². The van der Waals surface area contributed by atoms with Crippen LogP contribution in [0.4, 0.5) is 0 Å². The summed E-state index contributed by atoms with van der Waals surface area (Å²) < 4.78 is 0. The standard InChI is InChI=1S/C21H27NS/c1-3-14-21(15-4-2)16-23-19-13-9-8-12-18(19)20(22-21)17-10-6-5-7-11-17/h5-13,20,22H,3-4,14-16H2,1-2H3. The fraction of sp³-hybridized carbons (Fsp3) is 0.429. The Morgan fingerprint density at radius 1 is 0.957 bits per heavy atom. The third-order valence-corrected chi connectivity index (χ3v) is 6.15. The summed E-state index contributed by atoms with van der Waals surface area (Å²) in [5.74, 6) is 1.16. The average Bonchev–Trinajstić information content (AvgIpc) is 2.75. The molecule has 2 aromatic carbocycles. The van der Waals surface area contributed by atoms with Gasteiger partial charge in [0.2, 0.25) is 0 Å². The minimum atomic E-state index is 0.230. The Morgan fingerprint density at radius 2 is 1.61 bits per heavy atom. The smallest absolute Gasteiger partial charge is 0.0592 e. The molecule has 0 fully saturated rings. The first-order valence-corrected chi connectivity index (χ1v) is 9.81. The number of hydrogen-bond donors (Lipinski definition) is 1. The van der Waals surface area contributed by atoms with Crippen LogP contribution in [0.15, 0.2) is 59.5 Å². The van der Waals surface area contributed by atoms with E-state index in [0.29, 0.717) is 6.04 Å². The molecule has 0 amide bonds. The monoisotopic (exact) mass is 325 g/mol. The molecule has 1 atom stereocenters. The molecule has 0 aliphatic carbocycles. The van der Waals surface area contributed by atoms with Crippen molar-refractivity contribution in [1.29, 1.82) is 0 Å². The predicted molar refractivity (Wildman–Crippen MR) is 101 cm³/mol. The highest BCUT2D eigenvalue weighted by Gasteiger charge is 2.35. The van der Waals surface area contributed by atoms with E-state index in [1.165, 1.54) is 41.7 Å². The largest absolute Gasteiger partial charge is 0.300 e. The Bertz CT molecular complexity index is 617. The van der Waals surface area contributed by atoms with Crippen molar-refractivity contribution in [2.75, 3.05) is 5.75 Å². The number of fused-ring (bicyclic) bond motifs is 1. The lowest BCUT2D eigenvalue weighted by atomic mass is 9.87. The molecule has 0 radical (unpaired) electrons. The third-order valence-electron chi connectivity index (χ3n) is 4.77. The Kier molecular flexibility index (Phi) is 5.45. The van der Waals surface area contributed by atoms with Crippen molar-refractivity contribution >= 4 is 11.8 Å². The number of benzene rings is 2. The van der Waals surface area contributed by atoms with Crippen LogP contribution >= 0.6 is 11.8 Å². The van der Waals surface area contributed by atoms with Gasteiger partial charge >= 0.3 is 0 Å². The van der Waals surface area contributed by atoms with Gasteiger partial charge in [0.05, 0.1) is 6.04 Å². The highest BCUT2D eigenvalue weighted by molar-refractivity contribution is 7.99. The van der Waals surface area contributed by atoms with Crippen molar-refractivity contribution < 1.29 is 0 Å². The summed E-state index contributed by atoms with van der Waals surface area (Å²) in [4.78, 5) is 1.43. The first kappa shape index (κ1) is 16.6. The zero-order valence-corrected chi connectivity index (χ0v) is 15.0. The van der Waals surface area contributed by atoms with E-state index in [0.717, 1.165) is 5.75 Å². The molecule has 2 aromatic rings. The molecule has 0 saturated carbocycles. The van der Waals surface area contributed by atoms with Crippen LogP contribution in [-0.2, 0) is 0 Å². The summed E-state index contributed by atoms with van der Waals surface area (Å²) in [6, 6.07) is 20.1. The SMILES string of the molecule is CCCC1(CCC)CSc2ccccc2C(c2ccccc2)N1. The molecule has 3 rings (SSSR count). The van der Waals surface area contributed by atoms with Crippen molar-refractivity contribution in [1.82, 2.24) is 5.32 Å².